The molecule has 2 aromatic rings. The third-order valence-corrected chi connectivity index (χ3v) is 4.76. The van der Waals surface area contributed by atoms with Gasteiger partial charge in [0, 0.05) is 25.6 Å². The minimum absolute atomic E-state index is 0.263. The summed E-state index contributed by atoms with van der Waals surface area (Å²) in [6.45, 7) is 0.840. The summed E-state index contributed by atoms with van der Waals surface area (Å²) in [6, 6.07) is 13.1. The molecule has 1 aromatic heterocycles. The molecule has 0 saturated carbocycles. The molecular formula is C20H21N3O3. The van der Waals surface area contributed by atoms with Crippen molar-refractivity contribution in [1.82, 2.24) is 10.3 Å². The molecule has 0 aliphatic carbocycles. The Morgan fingerprint density at radius 1 is 1.19 bits per heavy atom. The van der Waals surface area contributed by atoms with Crippen molar-refractivity contribution in [2.24, 2.45) is 5.41 Å². The van der Waals surface area contributed by atoms with Gasteiger partial charge in [-0.05, 0) is 48.2 Å². The summed E-state index contributed by atoms with van der Waals surface area (Å²) < 4.78 is 10.5. The molecule has 0 spiro atoms. The molecule has 1 amide bonds. The van der Waals surface area contributed by atoms with Gasteiger partial charge in [0.15, 0.2) is 0 Å². The summed E-state index contributed by atoms with van der Waals surface area (Å²) in [4.78, 5) is 17.0. The van der Waals surface area contributed by atoms with E-state index in [1.165, 1.54) is 0 Å². The maximum absolute atomic E-state index is 13.0. The summed E-state index contributed by atoms with van der Waals surface area (Å²) in [5.74, 6) is 0.479. The van der Waals surface area contributed by atoms with Crippen LogP contribution in [0.2, 0.25) is 0 Å². The number of pyridine rings is 1. The predicted octanol–water partition coefficient (Wildman–Crippen LogP) is 2.62. The maximum atomic E-state index is 13.0. The zero-order valence-electron chi connectivity index (χ0n) is 14.6. The lowest BCUT2D eigenvalue weighted by Gasteiger charge is -2.31. The number of nitrogens with one attached hydrogen (secondary N) is 1. The molecule has 6 heteroatoms. The van der Waals surface area contributed by atoms with Crippen molar-refractivity contribution in [3.05, 3.63) is 59.9 Å². The van der Waals surface area contributed by atoms with Crippen LogP contribution < -0.4 is 10.1 Å². The number of methoxy groups -OCH3 is 1. The first-order valence-corrected chi connectivity index (χ1v) is 8.52. The van der Waals surface area contributed by atoms with Crippen LogP contribution in [0.15, 0.2) is 48.8 Å². The quantitative estimate of drug-likeness (QED) is 0.895. The standard InChI is InChI=1S/C20H21N3O3/c1-25-17-4-2-15(3-5-17)18(16-6-10-22-11-7-16)23-19(24)20(14-21)8-12-26-13-9-20/h2-7,10-11,18H,8-9,12-13H2,1H3,(H,23,24)/t18-/m1/s1. The molecule has 0 bridgehead atoms. The first-order valence-electron chi connectivity index (χ1n) is 8.52. The molecule has 1 N–H and O–H groups in total. The first-order chi connectivity index (χ1) is 12.7. The van der Waals surface area contributed by atoms with Crippen molar-refractivity contribution in [2.45, 2.75) is 18.9 Å². The molecule has 2 heterocycles. The number of rotatable bonds is 5. The van der Waals surface area contributed by atoms with Crippen LogP contribution >= 0.6 is 0 Å². The lowest BCUT2D eigenvalue weighted by atomic mass is 9.80. The third-order valence-electron chi connectivity index (χ3n) is 4.76. The van der Waals surface area contributed by atoms with Crippen molar-refractivity contribution < 1.29 is 14.3 Å². The number of amides is 1. The molecule has 1 aliphatic rings. The van der Waals surface area contributed by atoms with Crippen LogP contribution in [-0.4, -0.2) is 31.2 Å². The summed E-state index contributed by atoms with van der Waals surface area (Å²) in [7, 11) is 1.61. The van der Waals surface area contributed by atoms with Gasteiger partial charge in [0.05, 0.1) is 19.2 Å². The van der Waals surface area contributed by atoms with Gasteiger partial charge < -0.3 is 14.8 Å². The minimum Gasteiger partial charge on any atom is -0.497 e. The summed E-state index contributed by atoms with van der Waals surface area (Å²) in [5.41, 5.74) is 0.764. The molecule has 0 radical (unpaired) electrons. The van der Waals surface area contributed by atoms with Gasteiger partial charge in [-0.3, -0.25) is 9.78 Å². The van der Waals surface area contributed by atoms with Gasteiger partial charge in [-0.1, -0.05) is 12.1 Å². The number of hydrogen-bond acceptors (Lipinski definition) is 5. The van der Waals surface area contributed by atoms with Crippen molar-refractivity contribution >= 4 is 5.91 Å². The van der Waals surface area contributed by atoms with E-state index in [9.17, 15) is 10.1 Å². The van der Waals surface area contributed by atoms with Crippen LogP contribution in [0.3, 0.4) is 0 Å². The highest BCUT2D eigenvalue weighted by molar-refractivity contribution is 5.86. The van der Waals surface area contributed by atoms with E-state index < -0.39 is 5.41 Å². The van der Waals surface area contributed by atoms with Crippen molar-refractivity contribution in [3.8, 4) is 11.8 Å². The molecule has 3 rings (SSSR count). The minimum atomic E-state index is -1.05. The van der Waals surface area contributed by atoms with Crippen LogP contribution in [0.5, 0.6) is 5.75 Å². The van der Waals surface area contributed by atoms with E-state index in [2.05, 4.69) is 16.4 Å². The van der Waals surface area contributed by atoms with E-state index in [4.69, 9.17) is 9.47 Å². The second kappa shape index (κ2) is 7.98. The van der Waals surface area contributed by atoms with Gasteiger partial charge in [0.1, 0.15) is 11.2 Å². The number of carbonyl (C=O) groups excluding carboxylic acids is 1. The Kier molecular flexibility index (Phi) is 5.49. The van der Waals surface area contributed by atoms with Crippen LogP contribution in [0.1, 0.15) is 30.0 Å². The van der Waals surface area contributed by atoms with Gasteiger partial charge in [-0.2, -0.15) is 5.26 Å². The van der Waals surface area contributed by atoms with Gasteiger partial charge in [0.2, 0.25) is 5.91 Å². The predicted molar refractivity (Wildman–Crippen MR) is 95.3 cm³/mol. The largest absolute Gasteiger partial charge is 0.497 e. The molecule has 6 nitrogen and oxygen atoms in total. The molecule has 1 aromatic carbocycles. The number of benzene rings is 1. The van der Waals surface area contributed by atoms with E-state index in [0.717, 1.165) is 16.9 Å². The second-order valence-electron chi connectivity index (χ2n) is 6.27. The molecule has 0 unspecified atom stereocenters. The monoisotopic (exact) mass is 351 g/mol. The number of ether oxygens (including phenoxy) is 2. The molecule has 1 aliphatic heterocycles. The van der Waals surface area contributed by atoms with Gasteiger partial charge in [0.25, 0.3) is 0 Å². The van der Waals surface area contributed by atoms with Crippen LogP contribution in [0, 0.1) is 16.7 Å². The molecule has 134 valence electrons. The van der Waals surface area contributed by atoms with Crippen molar-refractivity contribution in [2.75, 3.05) is 20.3 Å². The van der Waals surface area contributed by atoms with Crippen LogP contribution in [0.4, 0.5) is 0 Å². The van der Waals surface area contributed by atoms with E-state index >= 15 is 0 Å². The smallest absolute Gasteiger partial charge is 0.241 e. The number of nitriles is 1. The van der Waals surface area contributed by atoms with Crippen LogP contribution in [0.25, 0.3) is 0 Å². The normalized spacial score (nSPS) is 16.9. The van der Waals surface area contributed by atoms with E-state index in [0.29, 0.717) is 26.1 Å². The zero-order chi connectivity index (χ0) is 18.4. The van der Waals surface area contributed by atoms with E-state index in [1.54, 1.807) is 19.5 Å². The maximum Gasteiger partial charge on any atom is 0.241 e. The number of aromatic nitrogens is 1. The highest BCUT2D eigenvalue weighted by Gasteiger charge is 2.41. The van der Waals surface area contributed by atoms with Crippen molar-refractivity contribution in [1.29, 1.82) is 5.26 Å². The fraction of sp³-hybridized carbons (Fsp3) is 0.350. The zero-order valence-corrected chi connectivity index (χ0v) is 14.6. The van der Waals surface area contributed by atoms with Crippen molar-refractivity contribution in [3.63, 3.8) is 0 Å². The topological polar surface area (TPSA) is 84.2 Å². The Hall–Kier alpha value is -2.91. The van der Waals surface area contributed by atoms with Crippen LogP contribution in [-0.2, 0) is 9.53 Å². The average molecular weight is 351 g/mol. The molecule has 1 atom stereocenters. The number of hydrogen-bond donors (Lipinski definition) is 1. The number of carbonyl (C=O) groups is 1. The fourth-order valence-corrected chi connectivity index (χ4v) is 3.09. The first kappa shape index (κ1) is 17.9. The molecular weight excluding hydrogens is 330 g/mol. The van der Waals surface area contributed by atoms with Gasteiger partial charge >= 0.3 is 0 Å². The highest BCUT2D eigenvalue weighted by Crippen LogP contribution is 2.32. The van der Waals surface area contributed by atoms with Gasteiger partial charge in [-0.15, -0.1) is 0 Å². The highest BCUT2D eigenvalue weighted by atomic mass is 16.5. The SMILES string of the molecule is COc1ccc([C@@H](NC(=O)C2(C#N)CCOCC2)c2ccncc2)cc1. The van der Waals surface area contributed by atoms with E-state index in [1.807, 2.05) is 36.4 Å². The molecule has 26 heavy (non-hydrogen) atoms. The summed E-state index contributed by atoms with van der Waals surface area (Å²) in [6.07, 6.45) is 4.18. The lowest BCUT2D eigenvalue weighted by molar-refractivity contribution is -0.132. The number of nitrogens with zero attached hydrogens (tertiary/aromatic N) is 2. The summed E-state index contributed by atoms with van der Waals surface area (Å²) in [5, 5.41) is 12.7. The van der Waals surface area contributed by atoms with E-state index in [-0.39, 0.29) is 11.9 Å². The molecule has 1 saturated heterocycles. The average Bonchev–Trinajstić information content (AvgIpc) is 2.73. The third kappa shape index (κ3) is 3.68. The second-order valence-corrected chi connectivity index (χ2v) is 6.27. The molecule has 1 fully saturated rings. The lowest BCUT2D eigenvalue weighted by Crippen LogP contribution is -2.45. The summed E-state index contributed by atoms with van der Waals surface area (Å²) >= 11 is 0. The Labute approximate surface area is 152 Å². The Bertz CT molecular complexity index is 778. The fourth-order valence-electron chi connectivity index (χ4n) is 3.09. The Morgan fingerprint density at radius 3 is 2.38 bits per heavy atom. The van der Waals surface area contributed by atoms with Gasteiger partial charge in [-0.25, -0.2) is 0 Å². The Morgan fingerprint density at radius 2 is 1.81 bits per heavy atom. The Balaban J connectivity index is 1.91.